The maximum absolute atomic E-state index is 6.07. The highest BCUT2D eigenvalue weighted by atomic mass is 28.5. The first-order chi connectivity index (χ1) is 8.41. The molecule has 108 valence electrons. The van der Waals surface area contributed by atoms with E-state index >= 15 is 0 Å². The Balaban J connectivity index is 2.46. The van der Waals surface area contributed by atoms with Gasteiger partial charge in [0, 0.05) is 0 Å². The highest BCUT2D eigenvalue weighted by molar-refractivity contribution is 6.82. The van der Waals surface area contributed by atoms with E-state index in [9.17, 15) is 0 Å². The van der Waals surface area contributed by atoms with Crippen molar-refractivity contribution in [3.8, 4) is 0 Å². The SMILES string of the molecule is C[Si]1(C)O[SiH2]O[SiH2]O[SiH2]O[SiH2]O[SiH2]O[Si](C)(C)O1. The zero-order valence-corrected chi connectivity index (χ0v) is 20.5. The molecule has 0 atom stereocenters. The first-order valence-corrected chi connectivity index (χ1v) is 17.1. The third-order valence-corrected chi connectivity index (χ3v) is 17.7. The van der Waals surface area contributed by atoms with Gasteiger partial charge in [0.1, 0.15) is 0 Å². The van der Waals surface area contributed by atoms with E-state index in [2.05, 4.69) is 0 Å². The second-order valence-corrected chi connectivity index (χ2v) is 21.0. The zero-order valence-electron chi connectivity index (χ0n) is 11.4. The van der Waals surface area contributed by atoms with Crippen LogP contribution in [0.2, 0.25) is 26.2 Å². The van der Waals surface area contributed by atoms with Crippen LogP contribution in [0.15, 0.2) is 0 Å². The lowest BCUT2D eigenvalue weighted by molar-refractivity contribution is 0.302. The number of hydrogen-bond donors (Lipinski definition) is 0. The Morgan fingerprint density at radius 2 is 0.889 bits per heavy atom. The molecule has 0 aromatic heterocycles. The van der Waals surface area contributed by atoms with E-state index in [1.54, 1.807) is 0 Å². The predicted octanol–water partition coefficient (Wildman–Crippen LogP) is -3.49. The second-order valence-electron chi connectivity index (χ2n) is 4.60. The van der Waals surface area contributed by atoms with Crippen LogP contribution in [0, 0.1) is 0 Å². The smallest absolute Gasteiger partial charge is 0.313 e. The van der Waals surface area contributed by atoms with Crippen molar-refractivity contribution >= 4 is 67.2 Å². The van der Waals surface area contributed by atoms with Gasteiger partial charge in [0.2, 0.25) is 0 Å². The topological polar surface area (TPSA) is 64.6 Å². The molecule has 1 aliphatic heterocycles. The molecule has 0 saturated carbocycles. The number of rotatable bonds is 0. The van der Waals surface area contributed by atoms with Crippen LogP contribution in [0.1, 0.15) is 0 Å². The molecule has 0 aliphatic carbocycles. The van der Waals surface area contributed by atoms with E-state index in [1.807, 2.05) is 26.2 Å². The minimum absolute atomic E-state index is 0.890. The summed E-state index contributed by atoms with van der Waals surface area (Å²) >= 11 is 0. The van der Waals surface area contributed by atoms with Crippen LogP contribution in [0.25, 0.3) is 0 Å². The van der Waals surface area contributed by atoms with Crippen LogP contribution in [-0.2, 0) is 28.8 Å². The molecule has 1 aliphatic rings. The van der Waals surface area contributed by atoms with Crippen molar-refractivity contribution in [2.75, 3.05) is 0 Å². The molecule has 1 heterocycles. The van der Waals surface area contributed by atoms with Gasteiger partial charge < -0.3 is 28.8 Å². The molecule has 0 bridgehead atoms. The summed E-state index contributed by atoms with van der Waals surface area (Å²) < 4.78 is 39.4. The molecule has 1 saturated heterocycles. The van der Waals surface area contributed by atoms with Crippen LogP contribution in [0.5, 0.6) is 0 Å². The molecule has 18 heavy (non-hydrogen) atoms. The van der Waals surface area contributed by atoms with Gasteiger partial charge in [-0.1, -0.05) is 0 Å². The van der Waals surface area contributed by atoms with Gasteiger partial charge in [-0.25, -0.2) is 0 Å². The Labute approximate surface area is 122 Å². The molecule has 1 fully saturated rings. The van der Waals surface area contributed by atoms with Gasteiger partial charge in [-0.2, -0.15) is 0 Å². The summed E-state index contributed by atoms with van der Waals surface area (Å²) in [5.74, 6) is 0. The summed E-state index contributed by atoms with van der Waals surface area (Å²) in [5.41, 5.74) is 0. The van der Waals surface area contributed by atoms with Gasteiger partial charge in [0.05, 0.1) is 0 Å². The molecular formula is C4H22O7Si7. The summed E-state index contributed by atoms with van der Waals surface area (Å²) in [6.45, 7) is 8.13. The Hall–Kier alpha value is 1.24. The summed E-state index contributed by atoms with van der Waals surface area (Å²) in [5, 5.41) is 0. The Morgan fingerprint density at radius 3 is 1.28 bits per heavy atom. The monoisotopic (exact) mass is 378 g/mol. The van der Waals surface area contributed by atoms with Gasteiger partial charge in [0.15, 0.2) is 0 Å². The van der Waals surface area contributed by atoms with Crippen molar-refractivity contribution in [2.45, 2.75) is 26.2 Å². The van der Waals surface area contributed by atoms with Crippen LogP contribution in [0.4, 0.5) is 0 Å². The molecule has 0 aromatic rings. The molecule has 0 aromatic carbocycles. The van der Waals surface area contributed by atoms with Crippen molar-refractivity contribution in [3.05, 3.63) is 0 Å². The fourth-order valence-corrected chi connectivity index (χ4v) is 17.7. The Kier molecular flexibility index (Phi) is 8.17. The highest BCUT2D eigenvalue weighted by Crippen LogP contribution is 2.16. The maximum Gasteiger partial charge on any atom is 0.313 e. The van der Waals surface area contributed by atoms with Crippen molar-refractivity contribution in [1.29, 1.82) is 0 Å². The summed E-state index contributed by atoms with van der Waals surface area (Å²) in [4.78, 5) is 0. The Bertz CT molecular complexity index is 218. The molecule has 0 N–H and O–H groups in total. The van der Waals surface area contributed by atoms with Crippen molar-refractivity contribution < 1.29 is 28.8 Å². The largest absolute Gasteiger partial charge is 0.425 e. The highest BCUT2D eigenvalue weighted by Gasteiger charge is 2.36. The molecule has 0 radical (unpaired) electrons. The minimum atomic E-state index is -2.13. The minimum Gasteiger partial charge on any atom is -0.425 e. The third kappa shape index (κ3) is 8.42. The lowest BCUT2D eigenvalue weighted by atomic mass is 11.9. The summed E-state index contributed by atoms with van der Waals surface area (Å²) in [6, 6.07) is 0. The fraction of sp³-hybridized carbons (Fsp3) is 1.00. The second kappa shape index (κ2) is 8.51. The Morgan fingerprint density at radius 1 is 0.556 bits per heavy atom. The van der Waals surface area contributed by atoms with Gasteiger partial charge in [0.25, 0.3) is 50.0 Å². The van der Waals surface area contributed by atoms with E-state index < -0.39 is 67.2 Å². The van der Waals surface area contributed by atoms with Gasteiger partial charge >= 0.3 is 17.1 Å². The third-order valence-electron chi connectivity index (χ3n) is 1.97. The van der Waals surface area contributed by atoms with E-state index in [-0.39, 0.29) is 0 Å². The van der Waals surface area contributed by atoms with E-state index in [4.69, 9.17) is 28.8 Å². The zero-order chi connectivity index (χ0) is 13.5. The van der Waals surface area contributed by atoms with Crippen LogP contribution >= 0.6 is 0 Å². The quantitative estimate of drug-likeness (QED) is 0.406. The average Bonchev–Trinajstić information content (AvgIpc) is 2.23. The van der Waals surface area contributed by atoms with Gasteiger partial charge in [-0.3, -0.25) is 0 Å². The first kappa shape index (κ1) is 17.3. The summed E-state index contributed by atoms with van der Waals surface area (Å²) in [6.07, 6.45) is 0. The standard InChI is InChI=1S/C4H22O7Si7/c1-17(2)9-15-7-13-5-12-6-14-8-16-10-18(3,4)11-17/h12-16H2,1-4H3. The van der Waals surface area contributed by atoms with E-state index in [0.29, 0.717) is 0 Å². The molecule has 1 rings (SSSR count). The molecular weight excluding hydrogens is 357 g/mol. The summed E-state index contributed by atoms with van der Waals surface area (Å²) in [7, 11) is -8.95. The first-order valence-electron chi connectivity index (χ1n) is 5.70. The van der Waals surface area contributed by atoms with Crippen LogP contribution < -0.4 is 0 Å². The molecule has 14 heteroatoms. The molecule has 0 spiro atoms. The van der Waals surface area contributed by atoms with Crippen LogP contribution in [0.3, 0.4) is 0 Å². The van der Waals surface area contributed by atoms with Gasteiger partial charge in [-0.15, -0.1) is 0 Å². The van der Waals surface area contributed by atoms with E-state index in [0.717, 1.165) is 0 Å². The lowest BCUT2D eigenvalue weighted by Crippen LogP contribution is -2.50. The lowest BCUT2D eigenvalue weighted by Gasteiger charge is -2.33. The predicted molar refractivity (Wildman–Crippen MR) is 85.3 cm³/mol. The maximum atomic E-state index is 6.07. The fourth-order valence-electron chi connectivity index (χ4n) is 1.33. The van der Waals surface area contributed by atoms with Crippen molar-refractivity contribution in [3.63, 3.8) is 0 Å². The molecule has 7 nitrogen and oxygen atoms in total. The molecule has 0 unspecified atom stereocenters. The van der Waals surface area contributed by atoms with Crippen molar-refractivity contribution in [2.24, 2.45) is 0 Å². The molecule has 0 amide bonds. The van der Waals surface area contributed by atoms with Crippen LogP contribution in [-0.4, -0.2) is 67.2 Å². The van der Waals surface area contributed by atoms with Crippen molar-refractivity contribution in [1.82, 2.24) is 0 Å². The normalized spacial score (nSPS) is 34.0. The van der Waals surface area contributed by atoms with E-state index in [1.165, 1.54) is 0 Å². The average molecular weight is 379 g/mol. The van der Waals surface area contributed by atoms with Gasteiger partial charge in [-0.05, 0) is 26.2 Å². The number of hydrogen-bond acceptors (Lipinski definition) is 7.